The lowest BCUT2D eigenvalue weighted by molar-refractivity contribution is -0.152. The zero-order valence-corrected chi connectivity index (χ0v) is 26.6. The van der Waals surface area contributed by atoms with E-state index in [2.05, 4.69) is 10.0 Å². The Bertz CT molecular complexity index is 1420. The van der Waals surface area contributed by atoms with E-state index in [1.165, 1.54) is 19.2 Å². The summed E-state index contributed by atoms with van der Waals surface area (Å²) in [5, 5.41) is 23.5. The average Bonchev–Trinajstić information content (AvgIpc) is 3.33. The number of carboxylic acids is 1. The molecule has 1 fully saturated rings. The molecule has 0 radical (unpaired) electrons. The molecule has 2 aromatic rings. The van der Waals surface area contributed by atoms with Gasteiger partial charge in [0.05, 0.1) is 30.9 Å². The minimum absolute atomic E-state index is 0.0278. The van der Waals surface area contributed by atoms with Gasteiger partial charge in [0.25, 0.3) is 0 Å². The lowest BCUT2D eigenvalue weighted by Gasteiger charge is -2.25. The number of aliphatic hydroxyl groups excluding tert-OH is 1. The second kappa shape index (κ2) is 17.3. The molecule has 13 nitrogen and oxygen atoms in total. The molecule has 1 aliphatic heterocycles. The normalized spacial score (nSPS) is 19.3. The first-order valence-corrected chi connectivity index (χ1v) is 14.8. The number of hydrogen-bond donors (Lipinski definition) is 2. The zero-order valence-electron chi connectivity index (χ0n) is 26.6. The van der Waals surface area contributed by atoms with E-state index in [4.69, 9.17) is 34.0 Å². The van der Waals surface area contributed by atoms with E-state index in [1.807, 2.05) is 6.92 Å². The van der Waals surface area contributed by atoms with Gasteiger partial charge in [-0.1, -0.05) is 48.5 Å². The number of benzene rings is 2. The number of aliphatic hydroxyl groups is 1. The van der Waals surface area contributed by atoms with E-state index in [1.54, 1.807) is 75.4 Å². The van der Waals surface area contributed by atoms with Crippen LogP contribution in [0.5, 0.6) is 11.5 Å². The van der Waals surface area contributed by atoms with Gasteiger partial charge in [-0.3, -0.25) is 0 Å². The van der Waals surface area contributed by atoms with Crippen LogP contribution < -0.4 is 9.47 Å². The summed E-state index contributed by atoms with van der Waals surface area (Å²) in [5.74, 6) is -2.69. The summed E-state index contributed by atoms with van der Waals surface area (Å²) >= 11 is 0. The standard InChI is InChI=1S/C33H41N3O10/c1-21(22(2)37)14-15-26(44-32(40)23-10-7-6-8-11-23)30-27(45-33(3,4)46-30)13-9-12-24-18-25(42-17-16-35-36-34)19-28(43-20-41-5)29(24)31(38)39/h6-12,14-15,18-19,21-22,26-27,30,37H,13,16-17,20H2,1-5H3,(H,38,39)/b12-9+,15-14-/t21-,22+,26?,27-,30?/m1/s1. The number of rotatable bonds is 17. The minimum atomic E-state index is -1.23. The summed E-state index contributed by atoms with van der Waals surface area (Å²) in [6.07, 6.45) is 4.21. The van der Waals surface area contributed by atoms with Gasteiger partial charge in [0.1, 0.15) is 29.3 Å². The van der Waals surface area contributed by atoms with Gasteiger partial charge in [-0.05, 0) is 68.5 Å². The number of azide groups is 1. The van der Waals surface area contributed by atoms with Crippen LogP contribution in [0.3, 0.4) is 0 Å². The molecule has 2 aromatic carbocycles. The Morgan fingerprint density at radius 3 is 2.52 bits per heavy atom. The van der Waals surface area contributed by atoms with Gasteiger partial charge in [0, 0.05) is 18.1 Å². The zero-order chi connectivity index (χ0) is 33.7. The average molecular weight is 640 g/mol. The van der Waals surface area contributed by atoms with Crippen molar-refractivity contribution in [3.8, 4) is 11.5 Å². The van der Waals surface area contributed by atoms with Crippen molar-refractivity contribution in [1.29, 1.82) is 0 Å². The first kappa shape index (κ1) is 36.1. The lowest BCUT2D eigenvalue weighted by atomic mass is 9.99. The molecule has 13 heteroatoms. The number of ether oxygens (including phenoxy) is 6. The molecule has 0 bridgehead atoms. The molecule has 0 aliphatic carbocycles. The third-order valence-electron chi connectivity index (χ3n) is 7.00. The highest BCUT2D eigenvalue weighted by Gasteiger charge is 2.45. The Morgan fingerprint density at radius 2 is 1.87 bits per heavy atom. The van der Waals surface area contributed by atoms with Crippen molar-refractivity contribution in [2.24, 2.45) is 11.0 Å². The predicted octanol–water partition coefficient (Wildman–Crippen LogP) is 5.78. The van der Waals surface area contributed by atoms with Crippen molar-refractivity contribution in [2.75, 3.05) is 27.1 Å². The van der Waals surface area contributed by atoms with Gasteiger partial charge in [-0.25, -0.2) is 9.59 Å². The molecule has 2 unspecified atom stereocenters. The lowest BCUT2D eigenvalue weighted by Crippen LogP contribution is -2.37. The Hall–Kier alpha value is -4.39. The molecular weight excluding hydrogens is 598 g/mol. The maximum absolute atomic E-state index is 13.1. The highest BCUT2D eigenvalue weighted by Crippen LogP contribution is 2.35. The van der Waals surface area contributed by atoms with Crippen LogP contribution >= 0.6 is 0 Å². The van der Waals surface area contributed by atoms with Crippen LogP contribution in [-0.2, 0) is 18.9 Å². The van der Waals surface area contributed by atoms with Crippen LogP contribution in [0, 0.1) is 5.92 Å². The fourth-order valence-corrected chi connectivity index (χ4v) is 4.62. The summed E-state index contributed by atoms with van der Waals surface area (Å²) in [5.41, 5.74) is 9.07. The van der Waals surface area contributed by atoms with Crippen molar-refractivity contribution in [1.82, 2.24) is 0 Å². The first-order chi connectivity index (χ1) is 22.0. The van der Waals surface area contributed by atoms with Crippen LogP contribution in [-0.4, -0.2) is 79.4 Å². The van der Waals surface area contributed by atoms with Crippen molar-refractivity contribution in [3.05, 3.63) is 87.8 Å². The van der Waals surface area contributed by atoms with E-state index < -0.39 is 42.1 Å². The molecule has 1 heterocycles. The maximum Gasteiger partial charge on any atom is 0.340 e. The van der Waals surface area contributed by atoms with Gasteiger partial charge in [0.2, 0.25) is 0 Å². The number of carbonyl (C=O) groups excluding carboxylic acids is 1. The van der Waals surface area contributed by atoms with E-state index in [-0.39, 0.29) is 49.2 Å². The van der Waals surface area contributed by atoms with Crippen LogP contribution in [0.4, 0.5) is 0 Å². The van der Waals surface area contributed by atoms with E-state index >= 15 is 0 Å². The number of nitrogens with zero attached hydrogens (tertiary/aromatic N) is 3. The third-order valence-corrected chi connectivity index (χ3v) is 7.00. The van der Waals surface area contributed by atoms with Gasteiger partial charge in [0.15, 0.2) is 12.6 Å². The van der Waals surface area contributed by atoms with Gasteiger partial charge in [-0.2, -0.15) is 0 Å². The Balaban J connectivity index is 1.93. The number of aromatic carboxylic acids is 1. The van der Waals surface area contributed by atoms with Crippen molar-refractivity contribution in [3.63, 3.8) is 0 Å². The SMILES string of the molecule is COCOc1cc(OCCN=[N+]=[N-])cc(/C=C/C[C@H]2OC(C)(C)OC2C(/C=C\[C@@H](C)[C@H](C)O)OC(=O)c2ccccc2)c1C(=O)O. The molecule has 2 N–H and O–H groups in total. The molecular formula is C33H41N3O10. The summed E-state index contributed by atoms with van der Waals surface area (Å²) in [6.45, 7) is 6.96. The number of methoxy groups -OCH3 is 1. The summed E-state index contributed by atoms with van der Waals surface area (Å²) < 4.78 is 34.5. The Morgan fingerprint density at radius 1 is 1.13 bits per heavy atom. The minimum Gasteiger partial charge on any atom is -0.493 e. The van der Waals surface area contributed by atoms with Crippen LogP contribution in [0.25, 0.3) is 16.5 Å². The largest absolute Gasteiger partial charge is 0.493 e. The molecule has 0 saturated carbocycles. The van der Waals surface area contributed by atoms with Crippen molar-refractivity contribution < 1.29 is 48.2 Å². The highest BCUT2D eigenvalue weighted by atomic mass is 16.8. The molecule has 5 atom stereocenters. The first-order valence-electron chi connectivity index (χ1n) is 14.8. The summed E-state index contributed by atoms with van der Waals surface area (Å²) in [4.78, 5) is 28.1. The van der Waals surface area contributed by atoms with E-state index in [0.717, 1.165) is 0 Å². The molecule has 0 spiro atoms. The monoisotopic (exact) mass is 639 g/mol. The smallest absolute Gasteiger partial charge is 0.340 e. The van der Waals surface area contributed by atoms with Gasteiger partial charge < -0.3 is 38.6 Å². The second-order valence-corrected chi connectivity index (χ2v) is 11.0. The second-order valence-electron chi connectivity index (χ2n) is 11.0. The number of hydrogen-bond acceptors (Lipinski definition) is 10. The van der Waals surface area contributed by atoms with E-state index in [9.17, 15) is 19.8 Å². The van der Waals surface area contributed by atoms with Gasteiger partial charge >= 0.3 is 11.9 Å². The van der Waals surface area contributed by atoms with Crippen LogP contribution in [0.15, 0.2) is 65.8 Å². The van der Waals surface area contributed by atoms with Crippen LogP contribution in [0.2, 0.25) is 0 Å². The van der Waals surface area contributed by atoms with Crippen molar-refractivity contribution >= 4 is 18.0 Å². The Labute approximate surface area is 267 Å². The van der Waals surface area contributed by atoms with Crippen molar-refractivity contribution in [2.45, 2.75) is 64.3 Å². The molecule has 1 aliphatic rings. The maximum atomic E-state index is 13.1. The number of carboxylic acid groups (broad SMARTS) is 1. The van der Waals surface area contributed by atoms with Gasteiger partial charge in [-0.15, -0.1) is 0 Å². The topological polar surface area (TPSA) is 179 Å². The Kier molecular flexibility index (Phi) is 13.6. The fraction of sp³-hybridized carbons (Fsp3) is 0.455. The molecule has 3 rings (SSSR count). The molecule has 0 amide bonds. The van der Waals surface area contributed by atoms with E-state index in [0.29, 0.717) is 11.3 Å². The molecule has 248 valence electrons. The quantitative estimate of drug-likeness (QED) is 0.0410. The molecule has 46 heavy (non-hydrogen) atoms. The summed E-state index contributed by atoms with van der Waals surface area (Å²) in [7, 11) is 1.41. The number of esters is 1. The third kappa shape index (κ3) is 10.6. The molecule has 1 saturated heterocycles. The van der Waals surface area contributed by atoms with Crippen LogP contribution in [0.1, 0.15) is 60.4 Å². The predicted molar refractivity (Wildman–Crippen MR) is 169 cm³/mol. The highest BCUT2D eigenvalue weighted by molar-refractivity contribution is 5.95. The fourth-order valence-electron chi connectivity index (χ4n) is 4.62. The number of carbonyl (C=O) groups is 2. The summed E-state index contributed by atoms with van der Waals surface area (Å²) in [6, 6.07) is 11.5. The molecule has 0 aromatic heterocycles.